The van der Waals surface area contributed by atoms with Crippen LogP contribution >= 0.6 is 0 Å². The Bertz CT molecular complexity index is 253. The largest absolute Gasteiger partial charge is 0.385 e. The first-order valence-corrected chi connectivity index (χ1v) is 7.33. The van der Waals surface area contributed by atoms with Crippen molar-refractivity contribution in [2.75, 3.05) is 32.6 Å². The first-order valence-electron chi connectivity index (χ1n) is 5.67. The molecule has 0 saturated carbocycles. The summed E-state index contributed by atoms with van der Waals surface area (Å²) in [6.07, 6.45) is 1.69. The molecule has 2 N–H and O–H groups in total. The average molecular weight is 252 g/mol. The van der Waals surface area contributed by atoms with E-state index in [-0.39, 0.29) is 5.75 Å². The third kappa shape index (κ3) is 10.4. The number of methoxy groups -OCH3 is 1. The average Bonchev–Trinajstić information content (AvgIpc) is 2.16. The lowest BCUT2D eigenvalue weighted by molar-refractivity contribution is 0.193. The number of sulfonamides is 1. The van der Waals surface area contributed by atoms with Gasteiger partial charge in [0.25, 0.3) is 0 Å². The van der Waals surface area contributed by atoms with Gasteiger partial charge in [-0.25, -0.2) is 13.1 Å². The fourth-order valence-corrected chi connectivity index (χ4v) is 2.14. The summed E-state index contributed by atoms with van der Waals surface area (Å²) in [6.45, 7) is 5.64. The van der Waals surface area contributed by atoms with Gasteiger partial charge in [0.2, 0.25) is 10.0 Å². The van der Waals surface area contributed by atoms with Gasteiger partial charge in [0.15, 0.2) is 0 Å². The summed E-state index contributed by atoms with van der Waals surface area (Å²) in [5, 5.41) is 3.07. The highest BCUT2D eigenvalue weighted by Gasteiger charge is 2.08. The summed E-state index contributed by atoms with van der Waals surface area (Å²) < 4.78 is 30.4. The molecule has 0 amide bonds. The van der Waals surface area contributed by atoms with Crippen LogP contribution in [0.2, 0.25) is 0 Å². The predicted molar refractivity (Wildman–Crippen MR) is 66.0 cm³/mol. The molecule has 0 aliphatic rings. The van der Waals surface area contributed by atoms with Crippen LogP contribution in [0.3, 0.4) is 0 Å². The molecule has 0 unspecified atom stereocenters. The van der Waals surface area contributed by atoms with Crippen LogP contribution in [0, 0.1) is 0 Å². The van der Waals surface area contributed by atoms with Gasteiger partial charge in [0, 0.05) is 32.8 Å². The minimum Gasteiger partial charge on any atom is -0.385 e. The number of ether oxygens (including phenoxy) is 1. The molecule has 0 rings (SSSR count). The SMILES string of the molecule is COCCCCNS(=O)(=O)CCNC(C)C. The second-order valence-electron chi connectivity index (χ2n) is 4.02. The van der Waals surface area contributed by atoms with E-state index >= 15 is 0 Å². The smallest absolute Gasteiger partial charge is 0.212 e. The van der Waals surface area contributed by atoms with E-state index in [2.05, 4.69) is 10.0 Å². The summed E-state index contributed by atoms with van der Waals surface area (Å²) in [5.41, 5.74) is 0. The molecule has 0 saturated heterocycles. The normalized spacial score (nSPS) is 12.2. The maximum absolute atomic E-state index is 11.5. The molecule has 5 nitrogen and oxygen atoms in total. The number of rotatable bonds is 10. The molecule has 98 valence electrons. The molecule has 0 spiro atoms. The lowest BCUT2D eigenvalue weighted by Crippen LogP contribution is -2.34. The van der Waals surface area contributed by atoms with E-state index in [1.54, 1.807) is 7.11 Å². The van der Waals surface area contributed by atoms with Crippen LogP contribution < -0.4 is 10.0 Å². The van der Waals surface area contributed by atoms with Crippen LogP contribution in [-0.4, -0.2) is 47.0 Å². The zero-order valence-corrected chi connectivity index (χ0v) is 11.3. The highest BCUT2D eigenvalue weighted by Crippen LogP contribution is 1.90. The zero-order valence-electron chi connectivity index (χ0n) is 10.5. The minimum absolute atomic E-state index is 0.134. The second kappa shape index (κ2) is 8.92. The molecular formula is C10H24N2O3S. The van der Waals surface area contributed by atoms with Crippen molar-refractivity contribution in [1.82, 2.24) is 10.0 Å². The fraction of sp³-hybridized carbons (Fsp3) is 1.00. The molecule has 0 aliphatic heterocycles. The summed E-state index contributed by atoms with van der Waals surface area (Å²) >= 11 is 0. The highest BCUT2D eigenvalue weighted by molar-refractivity contribution is 7.89. The van der Waals surface area contributed by atoms with Crippen molar-refractivity contribution in [2.45, 2.75) is 32.7 Å². The molecule has 0 aromatic rings. The van der Waals surface area contributed by atoms with E-state index in [0.29, 0.717) is 25.7 Å². The number of nitrogens with one attached hydrogen (secondary N) is 2. The Morgan fingerprint density at radius 2 is 1.88 bits per heavy atom. The van der Waals surface area contributed by atoms with Gasteiger partial charge in [-0.15, -0.1) is 0 Å². The molecule has 0 bridgehead atoms. The van der Waals surface area contributed by atoms with Gasteiger partial charge >= 0.3 is 0 Å². The Labute approximate surface area is 99.0 Å². The Morgan fingerprint density at radius 1 is 1.19 bits per heavy atom. The summed E-state index contributed by atoms with van der Waals surface area (Å²) in [4.78, 5) is 0. The van der Waals surface area contributed by atoms with Crippen LogP contribution in [0.5, 0.6) is 0 Å². The molecule has 0 aromatic carbocycles. The van der Waals surface area contributed by atoms with Crippen LogP contribution in [0.4, 0.5) is 0 Å². The van der Waals surface area contributed by atoms with Gasteiger partial charge in [-0.05, 0) is 12.8 Å². The Morgan fingerprint density at radius 3 is 2.44 bits per heavy atom. The monoisotopic (exact) mass is 252 g/mol. The van der Waals surface area contributed by atoms with Crippen molar-refractivity contribution in [1.29, 1.82) is 0 Å². The van der Waals surface area contributed by atoms with Crippen LogP contribution in [-0.2, 0) is 14.8 Å². The first-order chi connectivity index (χ1) is 7.48. The standard InChI is InChI=1S/C10H24N2O3S/c1-10(2)11-7-9-16(13,14)12-6-4-5-8-15-3/h10-12H,4-9H2,1-3H3. The second-order valence-corrected chi connectivity index (χ2v) is 5.95. The van der Waals surface area contributed by atoms with Crippen molar-refractivity contribution >= 4 is 10.0 Å². The summed E-state index contributed by atoms with van der Waals surface area (Å²) in [5.74, 6) is 0.134. The van der Waals surface area contributed by atoms with E-state index in [1.165, 1.54) is 0 Å². The highest BCUT2D eigenvalue weighted by atomic mass is 32.2. The predicted octanol–water partition coefficient (Wildman–Crippen LogP) is 0.330. The van der Waals surface area contributed by atoms with Crippen molar-refractivity contribution in [3.8, 4) is 0 Å². The molecule has 0 radical (unpaired) electrons. The minimum atomic E-state index is -3.12. The van der Waals surface area contributed by atoms with Crippen molar-refractivity contribution in [3.63, 3.8) is 0 Å². The van der Waals surface area contributed by atoms with Crippen molar-refractivity contribution in [3.05, 3.63) is 0 Å². The van der Waals surface area contributed by atoms with Crippen molar-refractivity contribution in [2.24, 2.45) is 0 Å². The van der Waals surface area contributed by atoms with Gasteiger partial charge in [-0.2, -0.15) is 0 Å². The van der Waals surface area contributed by atoms with Gasteiger partial charge in [0.1, 0.15) is 0 Å². The molecule has 0 aliphatic carbocycles. The lowest BCUT2D eigenvalue weighted by atomic mass is 10.3. The van der Waals surface area contributed by atoms with E-state index in [9.17, 15) is 8.42 Å². The lowest BCUT2D eigenvalue weighted by Gasteiger charge is -2.09. The number of hydrogen-bond donors (Lipinski definition) is 2. The maximum Gasteiger partial charge on any atom is 0.212 e. The quantitative estimate of drug-likeness (QED) is 0.550. The Kier molecular flexibility index (Phi) is 8.83. The van der Waals surface area contributed by atoms with Gasteiger partial charge in [-0.3, -0.25) is 0 Å². The molecular weight excluding hydrogens is 228 g/mol. The third-order valence-corrected chi connectivity index (χ3v) is 3.41. The molecule has 0 fully saturated rings. The topological polar surface area (TPSA) is 67.4 Å². The van der Waals surface area contributed by atoms with E-state index < -0.39 is 10.0 Å². The van der Waals surface area contributed by atoms with E-state index in [0.717, 1.165) is 12.8 Å². The van der Waals surface area contributed by atoms with Crippen LogP contribution in [0.1, 0.15) is 26.7 Å². The summed E-state index contributed by atoms with van der Waals surface area (Å²) in [7, 11) is -1.48. The van der Waals surface area contributed by atoms with Gasteiger partial charge in [-0.1, -0.05) is 13.8 Å². The molecule has 6 heteroatoms. The first kappa shape index (κ1) is 15.8. The summed E-state index contributed by atoms with van der Waals surface area (Å²) in [6, 6.07) is 0.317. The zero-order chi connectivity index (χ0) is 12.4. The van der Waals surface area contributed by atoms with Gasteiger partial charge < -0.3 is 10.1 Å². The van der Waals surface area contributed by atoms with E-state index in [4.69, 9.17) is 4.74 Å². The fourth-order valence-electron chi connectivity index (χ4n) is 1.15. The molecule has 16 heavy (non-hydrogen) atoms. The number of hydrogen-bond acceptors (Lipinski definition) is 4. The van der Waals surface area contributed by atoms with Crippen LogP contribution in [0.15, 0.2) is 0 Å². The van der Waals surface area contributed by atoms with Gasteiger partial charge in [0.05, 0.1) is 5.75 Å². The molecule has 0 heterocycles. The number of unbranched alkanes of at least 4 members (excludes halogenated alkanes) is 1. The van der Waals surface area contributed by atoms with Crippen LogP contribution in [0.25, 0.3) is 0 Å². The third-order valence-electron chi connectivity index (χ3n) is 2.02. The Balaban J connectivity index is 3.55. The molecule has 0 atom stereocenters. The maximum atomic E-state index is 11.5. The molecule has 0 aromatic heterocycles. The van der Waals surface area contributed by atoms with Crippen molar-refractivity contribution < 1.29 is 13.2 Å². The Hall–Kier alpha value is -0.170. The van der Waals surface area contributed by atoms with E-state index in [1.807, 2.05) is 13.8 Å².